The Hall–Kier alpha value is -0.640. The smallest absolute Gasteiger partial charge is 0.145 e. The fourth-order valence-corrected chi connectivity index (χ4v) is 4.40. The topological polar surface area (TPSA) is 21.3 Å². The minimum absolute atomic E-state index is 0.109. The van der Waals surface area contributed by atoms with E-state index in [1.807, 2.05) is 12.1 Å². The van der Waals surface area contributed by atoms with Gasteiger partial charge in [-0.05, 0) is 49.3 Å². The van der Waals surface area contributed by atoms with Crippen molar-refractivity contribution in [2.24, 2.45) is 5.41 Å². The van der Waals surface area contributed by atoms with Crippen LogP contribution in [0.4, 0.5) is 4.39 Å². The summed E-state index contributed by atoms with van der Waals surface area (Å²) in [5, 5.41) is 3.65. The molecule has 1 aliphatic heterocycles. The van der Waals surface area contributed by atoms with E-state index in [2.05, 4.69) is 12.2 Å². The Morgan fingerprint density at radius 2 is 2.00 bits per heavy atom. The average Bonchev–Trinajstić information content (AvgIpc) is 2.47. The van der Waals surface area contributed by atoms with Gasteiger partial charge in [0.05, 0.1) is 5.02 Å². The highest BCUT2D eigenvalue weighted by atomic mass is 35.5. The first-order valence-electron chi connectivity index (χ1n) is 7.84. The van der Waals surface area contributed by atoms with Crippen LogP contribution in [0.5, 0.6) is 0 Å². The highest BCUT2D eigenvalue weighted by Crippen LogP contribution is 2.60. The molecule has 0 aromatic heterocycles. The van der Waals surface area contributed by atoms with Crippen LogP contribution in [0.15, 0.2) is 18.2 Å². The number of likely N-dealkylation sites (N-methyl/N-ethyl adjacent to an activating group) is 1. The number of rotatable bonds is 4. The number of halogens is 2. The molecule has 0 atom stereocenters. The van der Waals surface area contributed by atoms with Gasteiger partial charge in [0.2, 0.25) is 0 Å². The summed E-state index contributed by atoms with van der Waals surface area (Å²) in [5.74, 6) is -0.237. The summed E-state index contributed by atoms with van der Waals surface area (Å²) in [7, 11) is 0. The van der Waals surface area contributed by atoms with Crippen molar-refractivity contribution in [3.05, 3.63) is 34.6 Å². The van der Waals surface area contributed by atoms with Crippen LogP contribution in [0.1, 0.15) is 38.2 Å². The zero-order chi connectivity index (χ0) is 14.9. The molecule has 1 saturated heterocycles. The fourth-order valence-electron chi connectivity index (χ4n) is 4.23. The molecule has 1 aromatic rings. The number of nitrogens with one attached hydrogen (secondary N) is 1. The third-order valence-electron chi connectivity index (χ3n) is 5.22. The molecule has 1 N–H and O–H groups in total. The quantitative estimate of drug-likeness (QED) is 0.910. The van der Waals surface area contributed by atoms with Crippen molar-refractivity contribution in [3.8, 4) is 0 Å². The van der Waals surface area contributed by atoms with Crippen LogP contribution in [-0.4, -0.2) is 26.3 Å². The van der Waals surface area contributed by atoms with E-state index in [0.717, 1.165) is 57.6 Å². The van der Waals surface area contributed by atoms with Gasteiger partial charge >= 0.3 is 0 Å². The van der Waals surface area contributed by atoms with Gasteiger partial charge in [-0.25, -0.2) is 4.39 Å². The summed E-state index contributed by atoms with van der Waals surface area (Å²) in [5.41, 5.74) is 1.03. The van der Waals surface area contributed by atoms with E-state index in [4.69, 9.17) is 16.3 Å². The van der Waals surface area contributed by atoms with Crippen molar-refractivity contribution in [1.82, 2.24) is 5.32 Å². The zero-order valence-corrected chi connectivity index (χ0v) is 13.3. The molecule has 0 radical (unpaired) electrons. The summed E-state index contributed by atoms with van der Waals surface area (Å²) < 4.78 is 20.0. The normalized spacial score (nSPS) is 23.0. The van der Waals surface area contributed by atoms with Crippen LogP contribution >= 0.6 is 11.6 Å². The van der Waals surface area contributed by atoms with Crippen LogP contribution in [-0.2, 0) is 10.2 Å². The third kappa shape index (κ3) is 2.71. The average molecular weight is 312 g/mol. The van der Waals surface area contributed by atoms with E-state index in [0.29, 0.717) is 5.41 Å². The van der Waals surface area contributed by atoms with E-state index in [1.54, 1.807) is 6.07 Å². The summed E-state index contributed by atoms with van der Waals surface area (Å²) in [6, 6.07) is 5.40. The number of ether oxygens (including phenoxy) is 1. The minimum Gasteiger partial charge on any atom is -0.381 e. The Bertz CT molecular complexity index is 506. The zero-order valence-electron chi connectivity index (χ0n) is 12.6. The first-order valence-corrected chi connectivity index (χ1v) is 8.22. The summed E-state index contributed by atoms with van der Waals surface area (Å²) in [6.45, 7) is 5.50. The molecule has 0 bridgehead atoms. The van der Waals surface area contributed by atoms with Gasteiger partial charge in [-0.1, -0.05) is 30.7 Å². The minimum atomic E-state index is -0.237. The SMILES string of the molecule is CCNCC1(c2cccc(Cl)c2F)CC2(CCOCC2)C1. The lowest BCUT2D eigenvalue weighted by molar-refractivity contribution is -0.0744. The van der Waals surface area contributed by atoms with Crippen molar-refractivity contribution in [3.63, 3.8) is 0 Å². The Labute approximate surface area is 131 Å². The van der Waals surface area contributed by atoms with Crippen molar-refractivity contribution in [2.45, 2.75) is 38.0 Å². The predicted octanol–water partition coefficient (Wildman–Crippen LogP) is 3.92. The Morgan fingerprint density at radius 1 is 1.29 bits per heavy atom. The van der Waals surface area contributed by atoms with Crippen molar-refractivity contribution >= 4 is 11.6 Å². The largest absolute Gasteiger partial charge is 0.381 e. The molecule has 4 heteroatoms. The maximum absolute atomic E-state index is 14.5. The molecule has 2 nitrogen and oxygen atoms in total. The van der Waals surface area contributed by atoms with E-state index < -0.39 is 0 Å². The van der Waals surface area contributed by atoms with Crippen molar-refractivity contribution in [2.75, 3.05) is 26.3 Å². The van der Waals surface area contributed by atoms with Gasteiger partial charge in [-0.2, -0.15) is 0 Å². The first-order chi connectivity index (χ1) is 10.1. The molecular weight excluding hydrogens is 289 g/mol. The molecule has 1 aromatic carbocycles. The molecule has 1 saturated carbocycles. The molecule has 2 fully saturated rings. The monoisotopic (exact) mass is 311 g/mol. The van der Waals surface area contributed by atoms with Gasteiger partial charge in [0.25, 0.3) is 0 Å². The highest BCUT2D eigenvalue weighted by Gasteiger charge is 2.55. The Kier molecular flexibility index (Phi) is 4.26. The van der Waals surface area contributed by atoms with Gasteiger partial charge in [0, 0.05) is 25.2 Å². The number of hydrogen-bond donors (Lipinski definition) is 1. The Morgan fingerprint density at radius 3 is 2.67 bits per heavy atom. The molecule has 1 aliphatic carbocycles. The summed E-state index contributed by atoms with van der Waals surface area (Å²) >= 11 is 6.00. The summed E-state index contributed by atoms with van der Waals surface area (Å²) in [6.07, 6.45) is 4.27. The van der Waals surface area contributed by atoms with Crippen LogP contribution in [0.3, 0.4) is 0 Å². The highest BCUT2D eigenvalue weighted by molar-refractivity contribution is 6.30. The van der Waals surface area contributed by atoms with Crippen molar-refractivity contribution < 1.29 is 9.13 Å². The van der Waals surface area contributed by atoms with Gasteiger partial charge < -0.3 is 10.1 Å². The predicted molar refractivity (Wildman–Crippen MR) is 83.4 cm³/mol. The van der Waals surface area contributed by atoms with Gasteiger partial charge in [-0.15, -0.1) is 0 Å². The molecule has 3 rings (SSSR count). The molecule has 0 amide bonds. The molecule has 1 heterocycles. The number of benzene rings is 1. The lowest BCUT2D eigenvalue weighted by Crippen LogP contribution is -2.56. The molecule has 116 valence electrons. The molecule has 1 spiro atoms. The third-order valence-corrected chi connectivity index (χ3v) is 5.51. The molecule has 2 aliphatic rings. The Balaban J connectivity index is 1.87. The second kappa shape index (κ2) is 5.86. The van der Waals surface area contributed by atoms with Crippen LogP contribution in [0, 0.1) is 11.2 Å². The standard InChI is InChI=1S/C17H23ClFNO/c1-2-20-12-17(13-4-3-5-14(18)15(13)19)10-16(11-17)6-8-21-9-7-16/h3-5,20H,2,6-12H2,1H3. The van der Waals surface area contributed by atoms with Crippen LogP contribution < -0.4 is 5.32 Å². The van der Waals surface area contributed by atoms with E-state index in [-0.39, 0.29) is 16.3 Å². The second-order valence-electron chi connectivity index (χ2n) is 6.63. The first kappa shape index (κ1) is 15.3. The van der Waals surface area contributed by atoms with E-state index >= 15 is 0 Å². The van der Waals surface area contributed by atoms with E-state index in [1.165, 1.54) is 0 Å². The molecular formula is C17H23ClFNO. The summed E-state index contributed by atoms with van der Waals surface area (Å²) in [4.78, 5) is 0. The van der Waals surface area contributed by atoms with Gasteiger partial charge in [0.1, 0.15) is 5.82 Å². The lowest BCUT2D eigenvalue weighted by Gasteiger charge is -2.58. The molecule has 21 heavy (non-hydrogen) atoms. The van der Waals surface area contributed by atoms with E-state index in [9.17, 15) is 4.39 Å². The van der Waals surface area contributed by atoms with Crippen molar-refractivity contribution in [1.29, 1.82) is 0 Å². The second-order valence-corrected chi connectivity index (χ2v) is 7.04. The molecule has 0 unspecified atom stereocenters. The lowest BCUT2D eigenvalue weighted by atomic mass is 9.48. The van der Waals surface area contributed by atoms with Gasteiger partial charge in [-0.3, -0.25) is 0 Å². The maximum atomic E-state index is 14.5. The van der Waals surface area contributed by atoms with Crippen LogP contribution in [0.25, 0.3) is 0 Å². The van der Waals surface area contributed by atoms with Gasteiger partial charge in [0.15, 0.2) is 0 Å². The van der Waals surface area contributed by atoms with Crippen LogP contribution in [0.2, 0.25) is 5.02 Å². The fraction of sp³-hybridized carbons (Fsp3) is 0.647. The number of hydrogen-bond acceptors (Lipinski definition) is 2. The maximum Gasteiger partial charge on any atom is 0.145 e.